The second kappa shape index (κ2) is 3.81. The maximum atomic E-state index is 13.5. The van der Waals surface area contributed by atoms with E-state index < -0.39 is 0 Å². The van der Waals surface area contributed by atoms with Gasteiger partial charge in [-0.2, -0.15) is 0 Å². The molecule has 78 valence electrons. The van der Waals surface area contributed by atoms with Crippen molar-refractivity contribution in [2.75, 3.05) is 0 Å². The smallest absolute Gasteiger partial charge is 0.148 e. The molecule has 0 atom stereocenters. The van der Waals surface area contributed by atoms with E-state index in [1.165, 1.54) is 6.07 Å². The molecule has 0 unspecified atom stereocenters. The Hall–Kier alpha value is -1.71. The van der Waals surface area contributed by atoms with Crippen LogP contribution in [0.1, 0.15) is 25.5 Å². The molecular weight excluding hydrogens is 193 g/mol. The first kappa shape index (κ1) is 9.83. The van der Waals surface area contributed by atoms with Gasteiger partial charge in [0.25, 0.3) is 0 Å². The van der Waals surface area contributed by atoms with Gasteiger partial charge in [0.2, 0.25) is 0 Å². The predicted molar refractivity (Wildman–Crippen MR) is 55.4 cm³/mol. The molecule has 0 aliphatic rings. The lowest BCUT2D eigenvalue weighted by Gasteiger charge is -2.08. The van der Waals surface area contributed by atoms with Gasteiger partial charge in [-0.25, -0.2) is 9.07 Å². The molecule has 0 saturated carbocycles. The summed E-state index contributed by atoms with van der Waals surface area (Å²) in [5.74, 6) is -0.0236. The third-order valence-corrected chi connectivity index (χ3v) is 2.25. The van der Waals surface area contributed by atoms with Crippen molar-refractivity contribution in [2.45, 2.75) is 19.8 Å². The van der Waals surface area contributed by atoms with Crippen molar-refractivity contribution in [3.63, 3.8) is 0 Å². The van der Waals surface area contributed by atoms with Crippen molar-refractivity contribution in [1.82, 2.24) is 15.0 Å². The van der Waals surface area contributed by atoms with Crippen LogP contribution in [0.25, 0.3) is 5.69 Å². The number of hydrogen-bond donors (Lipinski definition) is 0. The van der Waals surface area contributed by atoms with E-state index >= 15 is 0 Å². The fourth-order valence-electron chi connectivity index (χ4n) is 1.45. The van der Waals surface area contributed by atoms with Crippen LogP contribution in [0.4, 0.5) is 4.39 Å². The number of halogens is 1. The Labute approximate surface area is 87.5 Å². The molecule has 4 heteroatoms. The number of rotatable bonds is 2. The number of nitrogens with zero attached hydrogens (tertiary/aromatic N) is 3. The van der Waals surface area contributed by atoms with Crippen molar-refractivity contribution in [3.05, 3.63) is 42.0 Å². The van der Waals surface area contributed by atoms with Crippen molar-refractivity contribution >= 4 is 0 Å². The van der Waals surface area contributed by atoms with Gasteiger partial charge in [-0.05, 0) is 18.1 Å². The van der Waals surface area contributed by atoms with E-state index in [0.717, 1.165) is 5.69 Å². The summed E-state index contributed by atoms with van der Waals surface area (Å²) in [5.41, 5.74) is 1.35. The van der Waals surface area contributed by atoms with Crippen LogP contribution >= 0.6 is 0 Å². The highest BCUT2D eigenvalue weighted by Crippen LogP contribution is 2.18. The summed E-state index contributed by atoms with van der Waals surface area (Å²) in [6, 6.07) is 6.55. The van der Waals surface area contributed by atoms with Gasteiger partial charge in [0.05, 0.1) is 11.9 Å². The predicted octanol–water partition coefficient (Wildman–Crippen LogP) is 2.53. The van der Waals surface area contributed by atoms with E-state index in [1.54, 1.807) is 29.1 Å². The van der Waals surface area contributed by atoms with Crippen LogP contribution in [0.2, 0.25) is 0 Å². The van der Waals surface area contributed by atoms with E-state index in [0.29, 0.717) is 5.69 Å². The Bertz CT molecular complexity index is 462. The van der Waals surface area contributed by atoms with Crippen molar-refractivity contribution in [3.8, 4) is 5.69 Å². The highest BCUT2D eigenvalue weighted by Gasteiger charge is 2.12. The maximum Gasteiger partial charge on any atom is 0.148 e. The van der Waals surface area contributed by atoms with E-state index in [9.17, 15) is 4.39 Å². The molecule has 0 bridgehead atoms. The van der Waals surface area contributed by atoms with Gasteiger partial charge in [0, 0.05) is 0 Å². The first-order valence-electron chi connectivity index (χ1n) is 4.85. The monoisotopic (exact) mass is 205 g/mol. The van der Waals surface area contributed by atoms with Crippen LogP contribution in [0.3, 0.4) is 0 Å². The normalized spacial score (nSPS) is 10.9. The fourth-order valence-corrected chi connectivity index (χ4v) is 1.45. The summed E-state index contributed by atoms with van der Waals surface area (Å²) < 4.78 is 15.0. The number of benzene rings is 1. The zero-order chi connectivity index (χ0) is 10.8. The highest BCUT2D eigenvalue weighted by atomic mass is 19.1. The number of para-hydroxylation sites is 1. The molecule has 0 fully saturated rings. The molecule has 1 heterocycles. The number of hydrogen-bond acceptors (Lipinski definition) is 2. The summed E-state index contributed by atoms with van der Waals surface area (Å²) in [5, 5.41) is 7.70. The van der Waals surface area contributed by atoms with E-state index in [-0.39, 0.29) is 11.7 Å². The molecule has 0 saturated heterocycles. The lowest BCUT2D eigenvalue weighted by atomic mass is 10.1. The Morgan fingerprint density at radius 3 is 2.67 bits per heavy atom. The van der Waals surface area contributed by atoms with Gasteiger partial charge in [0.15, 0.2) is 0 Å². The van der Waals surface area contributed by atoms with E-state index in [2.05, 4.69) is 10.3 Å². The van der Waals surface area contributed by atoms with Gasteiger partial charge in [-0.1, -0.05) is 31.2 Å². The zero-order valence-corrected chi connectivity index (χ0v) is 8.68. The topological polar surface area (TPSA) is 30.7 Å². The fraction of sp³-hybridized carbons (Fsp3) is 0.273. The lowest BCUT2D eigenvalue weighted by molar-refractivity contribution is 0.598. The van der Waals surface area contributed by atoms with Crippen LogP contribution in [0.15, 0.2) is 30.5 Å². The summed E-state index contributed by atoms with van der Waals surface area (Å²) in [6.07, 6.45) is 1.66. The van der Waals surface area contributed by atoms with Crippen LogP contribution < -0.4 is 0 Å². The van der Waals surface area contributed by atoms with Gasteiger partial charge in [-0.3, -0.25) is 0 Å². The second-order valence-corrected chi connectivity index (χ2v) is 3.68. The molecule has 1 aromatic carbocycles. The highest BCUT2D eigenvalue weighted by molar-refractivity contribution is 5.34. The van der Waals surface area contributed by atoms with Crippen molar-refractivity contribution in [2.24, 2.45) is 0 Å². The molecule has 0 spiro atoms. The maximum absolute atomic E-state index is 13.5. The summed E-state index contributed by atoms with van der Waals surface area (Å²) in [4.78, 5) is 0. The number of aromatic nitrogens is 3. The molecule has 15 heavy (non-hydrogen) atoms. The molecule has 2 aromatic rings. The minimum atomic E-state index is -0.287. The third kappa shape index (κ3) is 1.75. The molecule has 3 nitrogen and oxygen atoms in total. The minimum Gasteiger partial charge on any atom is -0.214 e. The molecule has 2 rings (SSSR count). The van der Waals surface area contributed by atoms with E-state index in [1.807, 2.05) is 13.8 Å². The SMILES string of the molecule is CC(C)c1cnnn1-c1ccccc1F. The van der Waals surface area contributed by atoms with Crippen molar-refractivity contribution in [1.29, 1.82) is 0 Å². The van der Waals surface area contributed by atoms with Crippen LogP contribution in [-0.2, 0) is 0 Å². The van der Waals surface area contributed by atoms with Crippen LogP contribution in [0, 0.1) is 5.82 Å². The lowest BCUT2D eigenvalue weighted by Crippen LogP contribution is -2.05. The third-order valence-electron chi connectivity index (χ3n) is 2.25. The van der Waals surface area contributed by atoms with Gasteiger partial charge in [-0.15, -0.1) is 5.10 Å². The molecule has 0 aliphatic carbocycles. The quantitative estimate of drug-likeness (QED) is 0.754. The molecule has 0 radical (unpaired) electrons. The average Bonchev–Trinajstić information content (AvgIpc) is 2.67. The summed E-state index contributed by atoms with van der Waals surface area (Å²) in [6.45, 7) is 4.05. The standard InChI is InChI=1S/C11H12FN3/c1-8(2)11-7-13-14-15(11)10-6-4-3-5-9(10)12/h3-8H,1-2H3. The Balaban J connectivity index is 2.55. The Morgan fingerprint density at radius 2 is 2.00 bits per heavy atom. The molecular formula is C11H12FN3. The van der Waals surface area contributed by atoms with Gasteiger partial charge in [0.1, 0.15) is 11.5 Å². The molecule has 0 amide bonds. The van der Waals surface area contributed by atoms with Crippen LogP contribution in [0.5, 0.6) is 0 Å². The molecule has 1 aromatic heterocycles. The summed E-state index contributed by atoms with van der Waals surface area (Å²) >= 11 is 0. The molecule has 0 aliphatic heterocycles. The van der Waals surface area contributed by atoms with Gasteiger partial charge >= 0.3 is 0 Å². The summed E-state index contributed by atoms with van der Waals surface area (Å²) in [7, 11) is 0. The first-order chi connectivity index (χ1) is 7.20. The molecule has 0 N–H and O–H groups in total. The average molecular weight is 205 g/mol. The minimum absolute atomic E-state index is 0.264. The Morgan fingerprint density at radius 1 is 1.27 bits per heavy atom. The van der Waals surface area contributed by atoms with Crippen molar-refractivity contribution < 1.29 is 4.39 Å². The first-order valence-corrected chi connectivity index (χ1v) is 4.85. The van der Waals surface area contributed by atoms with Gasteiger partial charge < -0.3 is 0 Å². The zero-order valence-electron chi connectivity index (χ0n) is 8.68. The second-order valence-electron chi connectivity index (χ2n) is 3.68. The van der Waals surface area contributed by atoms with Crippen LogP contribution in [-0.4, -0.2) is 15.0 Å². The Kier molecular flexibility index (Phi) is 2.49. The largest absolute Gasteiger partial charge is 0.214 e. The van der Waals surface area contributed by atoms with E-state index in [4.69, 9.17) is 0 Å².